The number of nitrogen functional groups attached to an aromatic ring is 1. The molecular formula is C14H21FN6O3. The lowest BCUT2D eigenvalue weighted by Gasteiger charge is -2.24. The van der Waals surface area contributed by atoms with Gasteiger partial charge in [-0.3, -0.25) is 4.57 Å². The molecule has 2 aromatic rings. The van der Waals surface area contributed by atoms with Gasteiger partial charge in [-0.05, 0) is 13.8 Å². The molecular weight excluding hydrogens is 319 g/mol. The minimum absolute atomic E-state index is 0.0253. The normalized spacial score (nSPS) is 30.2. The topological polar surface area (TPSA) is 123 Å². The van der Waals surface area contributed by atoms with E-state index in [1.54, 1.807) is 0 Å². The molecule has 0 aliphatic carbocycles. The summed E-state index contributed by atoms with van der Waals surface area (Å²) in [5, 5.41) is 19.3. The second kappa shape index (κ2) is 5.80. The Morgan fingerprint density at radius 3 is 2.79 bits per heavy atom. The predicted octanol–water partition coefficient (Wildman–Crippen LogP) is -0.157. The number of anilines is 2. The van der Waals surface area contributed by atoms with Crippen LogP contribution in [-0.4, -0.2) is 67.8 Å². The summed E-state index contributed by atoms with van der Waals surface area (Å²) in [7, 11) is 1.83. The van der Waals surface area contributed by atoms with E-state index in [0.717, 1.165) is 0 Å². The molecule has 4 N–H and O–H groups in total. The summed E-state index contributed by atoms with van der Waals surface area (Å²) in [6.07, 6.45) is -2.31. The van der Waals surface area contributed by atoms with E-state index >= 15 is 4.39 Å². The molecule has 0 amide bonds. The second-order valence-corrected chi connectivity index (χ2v) is 6.05. The van der Waals surface area contributed by atoms with Gasteiger partial charge >= 0.3 is 0 Å². The molecule has 3 heterocycles. The Labute approximate surface area is 137 Å². The molecule has 24 heavy (non-hydrogen) atoms. The van der Waals surface area contributed by atoms with Crippen LogP contribution < -0.4 is 10.6 Å². The number of nitrogens with zero attached hydrogens (tertiary/aromatic N) is 5. The van der Waals surface area contributed by atoms with Crippen LogP contribution in [-0.2, 0) is 4.74 Å². The van der Waals surface area contributed by atoms with Crippen molar-refractivity contribution in [3.8, 4) is 0 Å². The zero-order valence-electron chi connectivity index (χ0n) is 13.7. The van der Waals surface area contributed by atoms with Gasteiger partial charge in [-0.2, -0.15) is 9.97 Å². The summed E-state index contributed by atoms with van der Waals surface area (Å²) in [6, 6.07) is 0. The third-order valence-corrected chi connectivity index (χ3v) is 4.41. The Morgan fingerprint density at radius 2 is 2.21 bits per heavy atom. The van der Waals surface area contributed by atoms with Crippen LogP contribution in [0.4, 0.5) is 16.2 Å². The molecule has 0 aromatic carbocycles. The number of aliphatic hydroxyl groups excluding tert-OH is 2. The molecule has 1 fully saturated rings. The SMILES string of the molecule is CCN(C)c1nc(N)nc2c1ncn2[C@@H]1O[C@H](CO)[C@@H](O)[C@@]1(C)F. The van der Waals surface area contributed by atoms with Gasteiger partial charge in [0.25, 0.3) is 0 Å². The number of imidazole rings is 1. The van der Waals surface area contributed by atoms with E-state index in [0.29, 0.717) is 23.5 Å². The molecule has 0 saturated carbocycles. The molecule has 0 radical (unpaired) electrons. The zero-order chi connectivity index (χ0) is 17.6. The van der Waals surface area contributed by atoms with Crippen molar-refractivity contribution in [2.75, 3.05) is 30.8 Å². The Morgan fingerprint density at radius 1 is 1.50 bits per heavy atom. The second-order valence-electron chi connectivity index (χ2n) is 6.05. The number of nitrogens with two attached hydrogens (primary N) is 1. The molecule has 0 bridgehead atoms. The van der Waals surface area contributed by atoms with E-state index in [4.69, 9.17) is 10.5 Å². The third kappa shape index (κ3) is 2.38. The van der Waals surface area contributed by atoms with Gasteiger partial charge in [0, 0.05) is 13.6 Å². The van der Waals surface area contributed by atoms with Crippen LogP contribution in [0.15, 0.2) is 6.33 Å². The third-order valence-electron chi connectivity index (χ3n) is 4.41. The average molecular weight is 340 g/mol. The quantitative estimate of drug-likeness (QED) is 0.702. The van der Waals surface area contributed by atoms with Gasteiger partial charge < -0.3 is 25.6 Å². The highest BCUT2D eigenvalue weighted by atomic mass is 19.1. The van der Waals surface area contributed by atoms with Gasteiger partial charge in [0.15, 0.2) is 28.9 Å². The molecule has 132 valence electrons. The first-order valence-corrected chi connectivity index (χ1v) is 7.65. The predicted molar refractivity (Wildman–Crippen MR) is 85.2 cm³/mol. The van der Waals surface area contributed by atoms with Crippen molar-refractivity contribution in [3.05, 3.63) is 6.33 Å². The summed E-state index contributed by atoms with van der Waals surface area (Å²) in [4.78, 5) is 14.4. The lowest BCUT2D eigenvalue weighted by Crippen LogP contribution is -2.40. The highest BCUT2D eigenvalue weighted by Gasteiger charge is 2.55. The molecule has 9 nitrogen and oxygen atoms in total. The van der Waals surface area contributed by atoms with Crippen LogP contribution in [0.1, 0.15) is 20.1 Å². The Balaban J connectivity index is 2.13. The van der Waals surface area contributed by atoms with E-state index in [2.05, 4.69) is 15.0 Å². The molecule has 2 aromatic heterocycles. The number of alkyl halides is 1. The molecule has 10 heteroatoms. The Bertz CT molecular complexity index is 751. The van der Waals surface area contributed by atoms with Gasteiger partial charge in [-0.15, -0.1) is 0 Å². The van der Waals surface area contributed by atoms with Crippen molar-refractivity contribution in [2.24, 2.45) is 0 Å². The summed E-state index contributed by atoms with van der Waals surface area (Å²) in [5.74, 6) is 0.550. The first-order valence-electron chi connectivity index (χ1n) is 7.65. The summed E-state index contributed by atoms with van der Waals surface area (Å²) < 4.78 is 21.9. The van der Waals surface area contributed by atoms with E-state index in [1.165, 1.54) is 17.8 Å². The van der Waals surface area contributed by atoms with Gasteiger partial charge in [0.1, 0.15) is 12.2 Å². The maximum atomic E-state index is 15.0. The lowest BCUT2D eigenvalue weighted by atomic mass is 9.98. The number of ether oxygens (including phenoxy) is 1. The largest absolute Gasteiger partial charge is 0.394 e. The first-order chi connectivity index (χ1) is 11.3. The average Bonchev–Trinajstić information content (AvgIpc) is 3.05. The van der Waals surface area contributed by atoms with Crippen LogP contribution in [0.3, 0.4) is 0 Å². The standard InChI is InChI=1S/C14H21FN6O3/c1-4-20(3)10-8-11(19-13(16)18-10)21(6-17-8)12-14(2,15)9(23)7(5-22)24-12/h6-7,9,12,22-23H,4-5H2,1-3H3,(H2,16,18,19)/t7-,9-,12-,14-/m1/s1. The Hall–Kier alpha value is -2.04. The molecule has 0 unspecified atom stereocenters. The monoisotopic (exact) mass is 340 g/mol. The van der Waals surface area contributed by atoms with Gasteiger partial charge in [0.2, 0.25) is 5.95 Å². The van der Waals surface area contributed by atoms with Crippen molar-refractivity contribution in [3.63, 3.8) is 0 Å². The van der Waals surface area contributed by atoms with Crippen LogP contribution in [0.5, 0.6) is 0 Å². The van der Waals surface area contributed by atoms with Crippen LogP contribution in [0, 0.1) is 0 Å². The van der Waals surface area contributed by atoms with Crippen LogP contribution in [0.2, 0.25) is 0 Å². The number of hydrogen-bond acceptors (Lipinski definition) is 8. The van der Waals surface area contributed by atoms with Crippen molar-refractivity contribution < 1.29 is 19.3 Å². The number of rotatable bonds is 4. The first kappa shape index (κ1) is 16.8. The van der Waals surface area contributed by atoms with E-state index in [9.17, 15) is 10.2 Å². The minimum Gasteiger partial charge on any atom is -0.394 e. The number of aromatic nitrogens is 4. The number of hydrogen-bond donors (Lipinski definition) is 3. The maximum absolute atomic E-state index is 15.0. The number of halogens is 1. The summed E-state index contributed by atoms with van der Waals surface area (Å²) >= 11 is 0. The van der Waals surface area contributed by atoms with E-state index in [1.807, 2.05) is 18.9 Å². The van der Waals surface area contributed by atoms with Crippen LogP contribution >= 0.6 is 0 Å². The highest BCUT2D eigenvalue weighted by Crippen LogP contribution is 2.42. The lowest BCUT2D eigenvalue weighted by molar-refractivity contribution is -0.0566. The smallest absolute Gasteiger partial charge is 0.224 e. The zero-order valence-corrected chi connectivity index (χ0v) is 13.7. The molecule has 1 saturated heterocycles. The molecule has 0 spiro atoms. The fourth-order valence-electron chi connectivity index (χ4n) is 2.87. The molecule has 1 aliphatic heterocycles. The van der Waals surface area contributed by atoms with Crippen molar-refractivity contribution >= 4 is 22.9 Å². The molecule has 4 atom stereocenters. The van der Waals surface area contributed by atoms with E-state index in [-0.39, 0.29) is 5.95 Å². The minimum atomic E-state index is -2.13. The summed E-state index contributed by atoms with van der Waals surface area (Å²) in [6.45, 7) is 3.34. The summed E-state index contributed by atoms with van der Waals surface area (Å²) in [5.41, 5.74) is 4.41. The van der Waals surface area contributed by atoms with E-state index < -0.39 is 30.7 Å². The number of fused-ring (bicyclic) bond motifs is 1. The molecule has 3 rings (SSSR count). The van der Waals surface area contributed by atoms with Gasteiger partial charge in [-0.25, -0.2) is 9.37 Å². The van der Waals surface area contributed by atoms with Crippen LogP contribution in [0.25, 0.3) is 11.2 Å². The molecule has 1 aliphatic rings. The van der Waals surface area contributed by atoms with Gasteiger partial charge in [-0.1, -0.05) is 0 Å². The van der Waals surface area contributed by atoms with Gasteiger partial charge in [0.05, 0.1) is 12.9 Å². The maximum Gasteiger partial charge on any atom is 0.224 e. The number of aliphatic hydroxyl groups is 2. The van der Waals surface area contributed by atoms with Crippen molar-refractivity contribution in [2.45, 2.75) is 38.0 Å². The van der Waals surface area contributed by atoms with Crippen molar-refractivity contribution in [1.82, 2.24) is 19.5 Å². The fourth-order valence-corrected chi connectivity index (χ4v) is 2.87. The van der Waals surface area contributed by atoms with Crippen molar-refractivity contribution in [1.29, 1.82) is 0 Å². The highest BCUT2D eigenvalue weighted by molar-refractivity contribution is 5.84. The Kier molecular flexibility index (Phi) is 4.06. The fraction of sp³-hybridized carbons (Fsp3) is 0.643.